The van der Waals surface area contributed by atoms with Gasteiger partial charge in [0.2, 0.25) is 0 Å². The van der Waals surface area contributed by atoms with E-state index >= 15 is 0 Å². The largest absolute Gasteiger partial charge is 0.395 e. The van der Waals surface area contributed by atoms with Gasteiger partial charge in [-0.05, 0) is 12.6 Å². The number of aromatic nitrogens is 2. The highest BCUT2D eigenvalue weighted by atomic mass is 16.3. The fraction of sp³-hybridized carbons (Fsp3) is 0.667. The lowest BCUT2D eigenvalue weighted by Crippen LogP contribution is -2.30. The molecular weight excluding hydrogens is 180 g/mol. The van der Waals surface area contributed by atoms with Gasteiger partial charge < -0.3 is 10.8 Å². The zero-order valence-corrected chi connectivity index (χ0v) is 8.56. The number of hydrogen-bond acceptors (Lipinski definition) is 4. The van der Waals surface area contributed by atoms with Crippen LogP contribution in [0.2, 0.25) is 0 Å². The van der Waals surface area contributed by atoms with Crippen LogP contribution in [0.1, 0.15) is 6.92 Å². The third-order valence-electron chi connectivity index (χ3n) is 2.17. The minimum Gasteiger partial charge on any atom is -0.395 e. The highest BCUT2D eigenvalue weighted by molar-refractivity contribution is 5.23. The summed E-state index contributed by atoms with van der Waals surface area (Å²) in [6.45, 7) is 5.63. The Labute approximate surface area is 84.1 Å². The van der Waals surface area contributed by atoms with Crippen LogP contribution in [0.25, 0.3) is 0 Å². The standard InChI is InChI=1S/C9H18N4O/c1-2-12(7-8-14)5-6-13-4-3-9(10)11-13/h3-4,14H,2,5-8H2,1H3,(H2,10,11). The number of anilines is 1. The van der Waals surface area contributed by atoms with Gasteiger partial charge in [-0.15, -0.1) is 0 Å². The second-order valence-electron chi connectivity index (χ2n) is 3.16. The van der Waals surface area contributed by atoms with Crippen LogP contribution in [0.3, 0.4) is 0 Å². The van der Waals surface area contributed by atoms with E-state index in [1.807, 2.05) is 10.9 Å². The second-order valence-corrected chi connectivity index (χ2v) is 3.16. The van der Waals surface area contributed by atoms with E-state index < -0.39 is 0 Å². The molecule has 1 rings (SSSR count). The maximum atomic E-state index is 8.78. The molecule has 5 nitrogen and oxygen atoms in total. The normalized spacial score (nSPS) is 11.1. The summed E-state index contributed by atoms with van der Waals surface area (Å²) >= 11 is 0. The summed E-state index contributed by atoms with van der Waals surface area (Å²) in [5, 5.41) is 12.9. The molecule has 0 aliphatic carbocycles. The van der Waals surface area contributed by atoms with Crippen LogP contribution in [0.5, 0.6) is 0 Å². The van der Waals surface area contributed by atoms with E-state index in [1.54, 1.807) is 6.07 Å². The summed E-state index contributed by atoms with van der Waals surface area (Å²) in [7, 11) is 0. The first-order chi connectivity index (χ1) is 6.76. The summed E-state index contributed by atoms with van der Waals surface area (Å²) in [4.78, 5) is 2.16. The molecule has 0 spiro atoms. The molecule has 14 heavy (non-hydrogen) atoms. The van der Waals surface area contributed by atoms with Crippen LogP contribution in [0, 0.1) is 0 Å². The van der Waals surface area contributed by atoms with Crippen molar-refractivity contribution < 1.29 is 5.11 Å². The van der Waals surface area contributed by atoms with Gasteiger partial charge in [-0.1, -0.05) is 6.92 Å². The lowest BCUT2D eigenvalue weighted by atomic mass is 10.4. The Kier molecular flexibility index (Phi) is 4.42. The first kappa shape index (κ1) is 11.0. The molecule has 0 aliphatic rings. The molecule has 0 aliphatic heterocycles. The second kappa shape index (κ2) is 5.62. The quantitative estimate of drug-likeness (QED) is 0.663. The third kappa shape index (κ3) is 3.35. The average Bonchev–Trinajstić information content (AvgIpc) is 2.59. The molecule has 1 aromatic heterocycles. The van der Waals surface area contributed by atoms with Crippen LogP contribution >= 0.6 is 0 Å². The summed E-state index contributed by atoms with van der Waals surface area (Å²) < 4.78 is 1.81. The fourth-order valence-corrected chi connectivity index (χ4v) is 1.32. The molecule has 1 heterocycles. The van der Waals surface area contributed by atoms with Gasteiger partial charge in [0.05, 0.1) is 13.2 Å². The number of aliphatic hydroxyl groups excluding tert-OH is 1. The molecule has 80 valence electrons. The molecule has 0 bridgehead atoms. The van der Waals surface area contributed by atoms with Crippen LogP contribution in [-0.2, 0) is 6.54 Å². The number of likely N-dealkylation sites (N-methyl/N-ethyl adjacent to an activating group) is 1. The zero-order valence-electron chi connectivity index (χ0n) is 8.56. The predicted octanol–water partition coefficient (Wildman–Crippen LogP) is -0.221. The van der Waals surface area contributed by atoms with E-state index in [4.69, 9.17) is 10.8 Å². The molecule has 0 saturated heterocycles. The molecule has 1 aromatic rings. The van der Waals surface area contributed by atoms with Crippen LogP contribution in [-0.4, -0.2) is 46.0 Å². The van der Waals surface area contributed by atoms with E-state index in [-0.39, 0.29) is 6.61 Å². The van der Waals surface area contributed by atoms with Crippen LogP contribution in [0.15, 0.2) is 12.3 Å². The van der Waals surface area contributed by atoms with Gasteiger partial charge in [0.1, 0.15) is 5.82 Å². The maximum Gasteiger partial charge on any atom is 0.145 e. The minimum atomic E-state index is 0.203. The lowest BCUT2D eigenvalue weighted by molar-refractivity contribution is 0.196. The average molecular weight is 198 g/mol. The third-order valence-corrected chi connectivity index (χ3v) is 2.17. The Morgan fingerprint density at radius 3 is 2.86 bits per heavy atom. The number of nitrogens with two attached hydrogens (primary N) is 1. The van der Waals surface area contributed by atoms with Crippen molar-refractivity contribution in [3.63, 3.8) is 0 Å². The monoisotopic (exact) mass is 198 g/mol. The van der Waals surface area contributed by atoms with Gasteiger partial charge in [0, 0.05) is 19.3 Å². The molecule has 0 saturated carbocycles. The van der Waals surface area contributed by atoms with Crippen molar-refractivity contribution in [1.82, 2.24) is 14.7 Å². The zero-order chi connectivity index (χ0) is 10.4. The molecule has 5 heteroatoms. The van der Waals surface area contributed by atoms with E-state index in [2.05, 4.69) is 16.9 Å². The van der Waals surface area contributed by atoms with E-state index in [9.17, 15) is 0 Å². The van der Waals surface area contributed by atoms with Gasteiger partial charge in [-0.25, -0.2) is 0 Å². The molecule has 0 radical (unpaired) electrons. The van der Waals surface area contributed by atoms with E-state index in [1.165, 1.54) is 0 Å². The molecular formula is C9H18N4O. The van der Waals surface area contributed by atoms with Gasteiger partial charge in [-0.3, -0.25) is 9.58 Å². The number of rotatable bonds is 6. The Morgan fingerprint density at radius 2 is 2.36 bits per heavy atom. The lowest BCUT2D eigenvalue weighted by Gasteiger charge is -2.18. The fourth-order valence-electron chi connectivity index (χ4n) is 1.32. The number of nitrogens with zero attached hydrogens (tertiary/aromatic N) is 3. The first-order valence-corrected chi connectivity index (χ1v) is 4.88. The van der Waals surface area contributed by atoms with Gasteiger partial charge in [0.15, 0.2) is 0 Å². The van der Waals surface area contributed by atoms with Gasteiger partial charge in [-0.2, -0.15) is 5.10 Å². The highest BCUT2D eigenvalue weighted by Crippen LogP contribution is 1.96. The van der Waals surface area contributed by atoms with Crippen molar-refractivity contribution in [2.75, 3.05) is 32.0 Å². The van der Waals surface area contributed by atoms with E-state index in [0.717, 1.165) is 19.6 Å². The smallest absolute Gasteiger partial charge is 0.145 e. The molecule has 0 fully saturated rings. The molecule has 3 N–H and O–H groups in total. The number of nitrogen functional groups attached to an aromatic ring is 1. The van der Waals surface area contributed by atoms with Crippen molar-refractivity contribution in [3.8, 4) is 0 Å². The summed E-state index contributed by atoms with van der Waals surface area (Å²) in [6, 6.07) is 1.78. The number of aliphatic hydroxyl groups is 1. The Bertz CT molecular complexity index is 261. The maximum absolute atomic E-state index is 8.78. The Morgan fingerprint density at radius 1 is 1.57 bits per heavy atom. The van der Waals surface area contributed by atoms with E-state index in [0.29, 0.717) is 12.4 Å². The predicted molar refractivity (Wildman–Crippen MR) is 55.8 cm³/mol. The summed E-state index contributed by atoms with van der Waals surface area (Å²) in [5.41, 5.74) is 5.49. The van der Waals surface area contributed by atoms with Crippen LogP contribution < -0.4 is 5.73 Å². The van der Waals surface area contributed by atoms with Crippen molar-refractivity contribution in [2.24, 2.45) is 0 Å². The first-order valence-electron chi connectivity index (χ1n) is 4.88. The SMILES string of the molecule is CCN(CCO)CCn1ccc(N)n1. The van der Waals surface area contributed by atoms with Gasteiger partial charge >= 0.3 is 0 Å². The Balaban J connectivity index is 2.31. The molecule has 0 unspecified atom stereocenters. The van der Waals surface area contributed by atoms with Gasteiger partial charge in [0.25, 0.3) is 0 Å². The van der Waals surface area contributed by atoms with Crippen molar-refractivity contribution in [3.05, 3.63) is 12.3 Å². The minimum absolute atomic E-state index is 0.203. The highest BCUT2D eigenvalue weighted by Gasteiger charge is 2.01. The summed E-state index contributed by atoms with van der Waals surface area (Å²) in [6.07, 6.45) is 1.86. The van der Waals surface area contributed by atoms with Crippen molar-refractivity contribution in [2.45, 2.75) is 13.5 Å². The molecule has 0 amide bonds. The Hall–Kier alpha value is -1.07. The molecule has 0 aromatic carbocycles. The van der Waals surface area contributed by atoms with Crippen molar-refractivity contribution >= 4 is 5.82 Å². The topological polar surface area (TPSA) is 67.3 Å². The molecule has 0 atom stereocenters. The van der Waals surface area contributed by atoms with Crippen molar-refractivity contribution in [1.29, 1.82) is 0 Å². The van der Waals surface area contributed by atoms with Crippen LogP contribution in [0.4, 0.5) is 5.82 Å². The summed E-state index contributed by atoms with van der Waals surface area (Å²) in [5.74, 6) is 0.551. The number of hydrogen-bond donors (Lipinski definition) is 2.